The largest absolute Gasteiger partial charge is 0.352 e. The van der Waals surface area contributed by atoms with Crippen LogP contribution in [0.25, 0.3) is 0 Å². The molecule has 0 atom stereocenters. The summed E-state index contributed by atoms with van der Waals surface area (Å²) in [6, 6.07) is 5.88. The molecule has 1 saturated carbocycles. The first-order valence-corrected chi connectivity index (χ1v) is 6.75. The van der Waals surface area contributed by atoms with Crippen molar-refractivity contribution in [3.05, 3.63) is 30.1 Å². The summed E-state index contributed by atoms with van der Waals surface area (Å²) in [7, 11) is 0. The van der Waals surface area contributed by atoms with Crippen LogP contribution in [0.2, 0.25) is 0 Å². The summed E-state index contributed by atoms with van der Waals surface area (Å²) in [6.07, 6.45) is 2.06. The molecule has 1 saturated heterocycles. The Balaban J connectivity index is 1.61. The van der Waals surface area contributed by atoms with E-state index < -0.39 is 0 Å². The molecule has 1 heterocycles. The van der Waals surface area contributed by atoms with Crippen LogP contribution in [-0.4, -0.2) is 42.5 Å². The predicted octanol–water partition coefficient (Wildman–Crippen LogP) is 1.35. The zero-order valence-electron chi connectivity index (χ0n) is 11.0. The van der Waals surface area contributed by atoms with Crippen molar-refractivity contribution in [1.82, 2.24) is 10.2 Å². The Bertz CT molecular complexity index is 528. The minimum Gasteiger partial charge on any atom is -0.352 e. The fourth-order valence-electron chi connectivity index (χ4n) is 2.26. The number of hydrogen-bond acceptors (Lipinski definition) is 2. The molecule has 0 bridgehead atoms. The molecule has 2 fully saturated rings. The average molecular weight is 277 g/mol. The first kappa shape index (κ1) is 12.9. The van der Waals surface area contributed by atoms with Gasteiger partial charge in [0.1, 0.15) is 12.4 Å². The Kier molecular flexibility index (Phi) is 3.30. The van der Waals surface area contributed by atoms with E-state index in [2.05, 4.69) is 5.32 Å². The Morgan fingerprint density at radius 1 is 1.25 bits per heavy atom. The molecule has 3 amide bonds. The van der Waals surface area contributed by atoms with E-state index in [-0.39, 0.29) is 24.3 Å². The van der Waals surface area contributed by atoms with Gasteiger partial charge in [-0.05, 0) is 37.1 Å². The lowest BCUT2D eigenvalue weighted by atomic mass is 10.3. The van der Waals surface area contributed by atoms with E-state index in [9.17, 15) is 14.0 Å². The first-order valence-electron chi connectivity index (χ1n) is 6.75. The van der Waals surface area contributed by atoms with Crippen molar-refractivity contribution in [1.29, 1.82) is 0 Å². The molecule has 1 aliphatic carbocycles. The van der Waals surface area contributed by atoms with Crippen LogP contribution >= 0.6 is 0 Å². The van der Waals surface area contributed by atoms with Crippen LogP contribution < -0.4 is 10.2 Å². The van der Waals surface area contributed by atoms with E-state index in [0.717, 1.165) is 12.8 Å². The molecule has 0 radical (unpaired) electrons. The van der Waals surface area contributed by atoms with Gasteiger partial charge in [0.25, 0.3) is 0 Å². The number of hydrogen-bond donors (Lipinski definition) is 1. The molecule has 0 unspecified atom stereocenters. The second-order valence-electron chi connectivity index (χ2n) is 5.17. The fourth-order valence-corrected chi connectivity index (χ4v) is 2.26. The maximum absolute atomic E-state index is 12.9. The molecule has 106 valence electrons. The van der Waals surface area contributed by atoms with E-state index >= 15 is 0 Å². The second kappa shape index (κ2) is 5.11. The second-order valence-corrected chi connectivity index (χ2v) is 5.17. The van der Waals surface area contributed by atoms with Crippen LogP contribution in [0.4, 0.5) is 14.9 Å². The van der Waals surface area contributed by atoms with Crippen LogP contribution in [0.3, 0.4) is 0 Å². The molecule has 0 spiro atoms. The summed E-state index contributed by atoms with van der Waals surface area (Å²) in [5, 5.41) is 2.86. The minimum absolute atomic E-state index is 0.0903. The summed E-state index contributed by atoms with van der Waals surface area (Å²) in [5.41, 5.74) is 0.654. The minimum atomic E-state index is -0.332. The number of nitrogens with one attached hydrogen (secondary N) is 1. The SMILES string of the molecule is O=C(CN1CCN(c2ccc(F)cc2)C1=O)NC1CC1. The quantitative estimate of drug-likeness (QED) is 0.903. The summed E-state index contributed by atoms with van der Waals surface area (Å²) in [5.74, 6) is -0.442. The van der Waals surface area contributed by atoms with E-state index in [1.165, 1.54) is 17.0 Å². The third-order valence-electron chi connectivity index (χ3n) is 3.51. The molecular weight excluding hydrogens is 261 g/mol. The molecular formula is C14H16FN3O2. The van der Waals surface area contributed by atoms with E-state index in [1.54, 1.807) is 17.0 Å². The molecule has 1 N–H and O–H groups in total. The first-order chi connectivity index (χ1) is 9.63. The predicted molar refractivity (Wildman–Crippen MR) is 71.9 cm³/mol. The van der Waals surface area contributed by atoms with Crippen molar-refractivity contribution < 1.29 is 14.0 Å². The average Bonchev–Trinajstić information content (AvgIpc) is 3.16. The molecule has 0 aromatic heterocycles. The number of anilines is 1. The Morgan fingerprint density at radius 3 is 2.60 bits per heavy atom. The number of amides is 3. The lowest BCUT2D eigenvalue weighted by Crippen LogP contribution is -2.40. The van der Waals surface area contributed by atoms with Crippen molar-refractivity contribution in [2.24, 2.45) is 0 Å². The molecule has 2 aliphatic rings. The van der Waals surface area contributed by atoms with Gasteiger partial charge in [-0.25, -0.2) is 9.18 Å². The van der Waals surface area contributed by atoms with Crippen molar-refractivity contribution in [3.63, 3.8) is 0 Å². The van der Waals surface area contributed by atoms with Gasteiger partial charge in [-0.3, -0.25) is 9.69 Å². The zero-order valence-corrected chi connectivity index (χ0v) is 11.0. The van der Waals surface area contributed by atoms with Crippen LogP contribution in [0.5, 0.6) is 0 Å². The summed E-state index contributed by atoms with van der Waals surface area (Å²) in [4.78, 5) is 27.0. The van der Waals surface area contributed by atoms with Crippen molar-refractivity contribution in [2.45, 2.75) is 18.9 Å². The third kappa shape index (κ3) is 2.74. The van der Waals surface area contributed by atoms with Gasteiger partial charge in [-0.2, -0.15) is 0 Å². The molecule has 1 aromatic rings. The van der Waals surface area contributed by atoms with E-state index in [4.69, 9.17) is 0 Å². The maximum Gasteiger partial charge on any atom is 0.325 e. The van der Waals surface area contributed by atoms with Gasteiger partial charge in [0.15, 0.2) is 0 Å². The number of carbonyl (C=O) groups is 2. The molecule has 1 aliphatic heterocycles. The standard InChI is InChI=1S/C14H16FN3O2/c15-10-1-5-12(6-2-10)18-8-7-17(14(18)20)9-13(19)16-11-3-4-11/h1-2,5-6,11H,3-4,7-9H2,(H,16,19). The highest BCUT2D eigenvalue weighted by atomic mass is 19.1. The highest BCUT2D eigenvalue weighted by Crippen LogP contribution is 2.21. The summed E-state index contributed by atoms with van der Waals surface area (Å²) >= 11 is 0. The lowest BCUT2D eigenvalue weighted by Gasteiger charge is -2.18. The molecule has 5 nitrogen and oxygen atoms in total. The molecule has 20 heavy (non-hydrogen) atoms. The van der Waals surface area contributed by atoms with Gasteiger partial charge in [-0.1, -0.05) is 0 Å². The van der Waals surface area contributed by atoms with E-state index in [1.807, 2.05) is 0 Å². The number of rotatable bonds is 4. The lowest BCUT2D eigenvalue weighted by molar-refractivity contribution is -0.121. The number of nitrogens with zero attached hydrogens (tertiary/aromatic N) is 2. The van der Waals surface area contributed by atoms with Gasteiger partial charge < -0.3 is 10.2 Å². The Morgan fingerprint density at radius 2 is 1.95 bits per heavy atom. The van der Waals surface area contributed by atoms with Crippen molar-refractivity contribution in [3.8, 4) is 0 Å². The van der Waals surface area contributed by atoms with Crippen LogP contribution in [0, 0.1) is 5.82 Å². The Hall–Kier alpha value is -2.11. The third-order valence-corrected chi connectivity index (χ3v) is 3.51. The van der Waals surface area contributed by atoms with Gasteiger partial charge in [0.05, 0.1) is 0 Å². The highest BCUT2D eigenvalue weighted by Gasteiger charge is 2.32. The normalized spacial score (nSPS) is 18.6. The van der Waals surface area contributed by atoms with Crippen LogP contribution in [0.1, 0.15) is 12.8 Å². The number of urea groups is 1. The van der Waals surface area contributed by atoms with E-state index in [0.29, 0.717) is 24.8 Å². The Labute approximate surface area is 116 Å². The summed E-state index contributed by atoms with van der Waals surface area (Å²) in [6.45, 7) is 1.11. The molecule has 1 aromatic carbocycles. The van der Waals surface area contributed by atoms with Crippen LogP contribution in [-0.2, 0) is 4.79 Å². The number of benzene rings is 1. The summed E-state index contributed by atoms with van der Waals surface area (Å²) < 4.78 is 12.9. The number of carbonyl (C=O) groups excluding carboxylic acids is 2. The van der Waals surface area contributed by atoms with Gasteiger partial charge in [0.2, 0.25) is 5.91 Å². The van der Waals surface area contributed by atoms with Crippen LogP contribution in [0.15, 0.2) is 24.3 Å². The molecule has 3 rings (SSSR count). The maximum atomic E-state index is 12.9. The topological polar surface area (TPSA) is 52.7 Å². The highest BCUT2D eigenvalue weighted by molar-refractivity contribution is 5.96. The van der Waals surface area contributed by atoms with Gasteiger partial charge >= 0.3 is 6.03 Å². The number of halogens is 1. The smallest absolute Gasteiger partial charge is 0.325 e. The monoisotopic (exact) mass is 277 g/mol. The zero-order chi connectivity index (χ0) is 14.1. The van der Waals surface area contributed by atoms with Crippen molar-refractivity contribution >= 4 is 17.6 Å². The molecule has 6 heteroatoms. The van der Waals surface area contributed by atoms with Crippen molar-refractivity contribution in [2.75, 3.05) is 24.5 Å². The van der Waals surface area contributed by atoms with Gasteiger partial charge in [-0.15, -0.1) is 0 Å². The van der Waals surface area contributed by atoms with Gasteiger partial charge in [0, 0.05) is 24.8 Å². The fraction of sp³-hybridized carbons (Fsp3) is 0.429.